The molecule has 200 valence electrons. The van der Waals surface area contributed by atoms with Gasteiger partial charge in [0.2, 0.25) is 0 Å². The summed E-state index contributed by atoms with van der Waals surface area (Å²) < 4.78 is 11.7. The summed E-state index contributed by atoms with van der Waals surface area (Å²) in [6.45, 7) is 4.89. The van der Waals surface area contributed by atoms with Crippen LogP contribution in [0, 0.1) is 5.92 Å². The molecule has 0 fully saturated rings. The molecule has 6 rings (SSSR count). The number of rotatable bonds is 5. The third-order valence-electron chi connectivity index (χ3n) is 7.21. The smallest absolute Gasteiger partial charge is 0.145 e. The standard InChI is InChI=1S/C31H34N6O2/c1-20-5-9-26-28(33-19-32-26)15-22(13-20)21-6-10-29-23(14-21)17-37(11-12-39-29)31-25-8-7-24(38-4)16-27(25)34-30(35-31)18-36(2)3/h6-10,13-16,19-20H,5,11-12,17-18H2,1-4H3,(H,32,33)/b22-13+,26-9-,28-15-. The topological polar surface area (TPSA) is 79.4 Å². The van der Waals surface area contributed by atoms with Gasteiger partial charge in [0.25, 0.3) is 0 Å². The highest BCUT2D eigenvalue weighted by atomic mass is 16.5. The van der Waals surface area contributed by atoms with Gasteiger partial charge in [0.15, 0.2) is 0 Å². The molecule has 2 aliphatic rings. The summed E-state index contributed by atoms with van der Waals surface area (Å²) in [5.41, 5.74) is 4.37. The first-order valence-electron chi connectivity index (χ1n) is 13.4. The molecule has 2 aromatic carbocycles. The number of anilines is 1. The number of aromatic nitrogens is 4. The molecule has 8 heteroatoms. The van der Waals surface area contributed by atoms with Crippen LogP contribution in [0.3, 0.4) is 0 Å². The first-order valence-corrected chi connectivity index (χ1v) is 13.4. The van der Waals surface area contributed by atoms with E-state index < -0.39 is 0 Å². The minimum Gasteiger partial charge on any atom is -0.497 e. The highest BCUT2D eigenvalue weighted by molar-refractivity contribution is 5.91. The fourth-order valence-electron chi connectivity index (χ4n) is 5.26. The summed E-state index contributed by atoms with van der Waals surface area (Å²) in [6.07, 6.45) is 9.47. The number of H-pyrrole nitrogens is 1. The summed E-state index contributed by atoms with van der Waals surface area (Å²) in [5, 5.41) is 3.06. The Labute approximate surface area is 228 Å². The van der Waals surface area contributed by atoms with Gasteiger partial charge in [0.1, 0.15) is 29.7 Å². The molecule has 3 heterocycles. The van der Waals surface area contributed by atoms with E-state index in [2.05, 4.69) is 69.2 Å². The van der Waals surface area contributed by atoms with Gasteiger partial charge < -0.3 is 24.3 Å². The van der Waals surface area contributed by atoms with Gasteiger partial charge in [0.05, 0.1) is 42.7 Å². The Morgan fingerprint density at radius 2 is 2.05 bits per heavy atom. The third kappa shape index (κ3) is 5.25. The van der Waals surface area contributed by atoms with E-state index in [0.717, 1.165) is 63.3 Å². The number of imidazole rings is 1. The van der Waals surface area contributed by atoms with E-state index in [-0.39, 0.29) is 0 Å². The van der Waals surface area contributed by atoms with Gasteiger partial charge in [0, 0.05) is 23.6 Å². The number of nitrogens with zero attached hydrogens (tertiary/aromatic N) is 5. The molecule has 1 aliphatic carbocycles. The third-order valence-corrected chi connectivity index (χ3v) is 7.21. The first-order chi connectivity index (χ1) is 19.0. The van der Waals surface area contributed by atoms with Crippen LogP contribution < -0.4 is 25.1 Å². The maximum Gasteiger partial charge on any atom is 0.145 e. The van der Waals surface area contributed by atoms with E-state index in [1.165, 1.54) is 11.1 Å². The maximum atomic E-state index is 6.23. The Morgan fingerprint density at radius 3 is 2.90 bits per heavy atom. The van der Waals surface area contributed by atoms with Crippen molar-refractivity contribution in [1.82, 2.24) is 24.8 Å². The summed E-state index contributed by atoms with van der Waals surface area (Å²) in [4.78, 5) is 22.1. The van der Waals surface area contributed by atoms with Crippen molar-refractivity contribution in [3.63, 3.8) is 0 Å². The molecule has 0 spiro atoms. The monoisotopic (exact) mass is 522 g/mol. The van der Waals surface area contributed by atoms with Gasteiger partial charge in [-0.05, 0) is 67.9 Å². The van der Waals surface area contributed by atoms with E-state index in [1.807, 2.05) is 26.2 Å². The SMILES string of the molecule is COc1ccc2c(N3CCOc4ccc(C5=C/C(C)C\C=c6/nc[nH]/c6=C\5)cc4C3)nc(CN(C)C)nc2c1. The Balaban J connectivity index is 1.41. The van der Waals surface area contributed by atoms with E-state index in [0.29, 0.717) is 25.6 Å². The van der Waals surface area contributed by atoms with Crippen LogP contribution in [0.25, 0.3) is 28.6 Å². The lowest BCUT2D eigenvalue weighted by atomic mass is 9.95. The van der Waals surface area contributed by atoms with Crippen molar-refractivity contribution in [1.29, 1.82) is 0 Å². The second-order valence-electron chi connectivity index (χ2n) is 10.6. The maximum absolute atomic E-state index is 6.23. The number of allylic oxidation sites excluding steroid dienone is 2. The molecular weight excluding hydrogens is 488 g/mol. The van der Waals surface area contributed by atoms with Gasteiger partial charge in [-0.1, -0.05) is 25.1 Å². The van der Waals surface area contributed by atoms with Crippen LogP contribution in [-0.2, 0) is 13.1 Å². The number of methoxy groups -OCH3 is 1. The fourth-order valence-corrected chi connectivity index (χ4v) is 5.26. The largest absolute Gasteiger partial charge is 0.497 e. The molecule has 39 heavy (non-hydrogen) atoms. The molecule has 0 radical (unpaired) electrons. The number of aromatic amines is 1. The molecule has 8 nitrogen and oxygen atoms in total. The quantitative estimate of drug-likeness (QED) is 0.430. The summed E-state index contributed by atoms with van der Waals surface area (Å²) in [7, 11) is 5.74. The Bertz CT molecular complexity index is 1670. The van der Waals surface area contributed by atoms with E-state index in [4.69, 9.17) is 19.4 Å². The second kappa shape index (κ2) is 10.5. The van der Waals surface area contributed by atoms with Crippen molar-refractivity contribution < 1.29 is 9.47 Å². The molecule has 1 atom stereocenters. The van der Waals surface area contributed by atoms with Crippen LogP contribution >= 0.6 is 0 Å². The molecule has 0 saturated heterocycles. The Hall–Kier alpha value is -4.17. The van der Waals surface area contributed by atoms with Crippen molar-refractivity contribution >= 4 is 34.4 Å². The molecular formula is C31H34N6O2. The van der Waals surface area contributed by atoms with Gasteiger partial charge in [-0.15, -0.1) is 0 Å². The Morgan fingerprint density at radius 1 is 1.15 bits per heavy atom. The van der Waals surface area contributed by atoms with Gasteiger partial charge in [-0.2, -0.15) is 0 Å². The lowest BCUT2D eigenvalue weighted by Gasteiger charge is -2.24. The highest BCUT2D eigenvalue weighted by Crippen LogP contribution is 2.33. The first kappa shape index (κ1) is 25.1. The summed E-state index contributed by atoms with van der Waals surface area (Å²) >= 11 is 0. The number of benzene rings is 2. The van der Waals surface area contributed by atoms with Crippen molar-refractivity contribution in [3.8, 4) is 11.5 Å². The van der Waals surface area contributed by atoms with Crippen molar-refractivity contribution in [3.05, 3.63) is 76.5 Å². The number of fused-ring (bicyclic) bond motifs is 3. The minimum absolute atomic E-state index is 0.409. The zero-order chi connectivity index (χ0) is 26.9. The lowest BCUT2D eigenvalue weighted by molar-refractivity contribution is 0.331. The Kier molecular flexibility index (Phi) is 6.79. The average molecular weight is 523 g/mol. The summed E-state index contributed by atoms with van der Waals surface area (Å²) in [5.74, 6) is 3.82. The number of nitrogens with one attached hydrogen (secondary N) is 1. The van der Waals surface area contributed by atoms with Crippen molar-refractivity contribution in [2.24, 2.45) is 5.92 Å². The van der Waals surface area contributed by atoms with Gasteiger partial charge in [-0.3, -0.25) is 0 Å². The fraction of sp³-hybridized carbons (Fsp3) is 0.323. The number of ether oxygens (including phenoxy) is 2. The van der Waals surface area contributed by atoms with Crippen molar-refractivity contribution in [2.45, 2.75) is 26.4 Å². The van der Waals surface area contributed by atoms with Crippen LogP contribution in [0.2, 0.25) is 0 Å². The zero-order valence-corrected chi connectivity index (χ0v) is 22.9. The summed E-state index contributed by atoms with van der Waals surface area (Å²) in [6, 6.07) is 12.5. The van der Waals surface area contributed by atoms with Crippen LogP contribution in [0.1, 0.15) is 30.3 Å². The predicted octanol–water partition coefficient (Wildman–Crippen LogP) is 3.51. The van der Waals surface area contributed by atoms with Crippen LogP contribution in [0.5, 0.6) is 11.5 Å². The molecule has 4 aromatic rings. The number of hydrogen-bond acceptors (Lipinski definition) is 7. The molecule has 0 saturated carbocycles. The lowest BCUT2D eigenvalue weighted by Crippen LogP contribution is -2.27. The van der Waals surface area contributed by atoms with Crippen LogP contribution in [0.4, 0.5) is 5.82 Å². The normalized spacial score (nSPS) is 20.2. The molecule has 0 bridgehead atoms. The zero-order valence-electron chi connectivity index (χ0n) is 22.9. The van der Waals surface area contributed by atoms with Gasteiger partial charge in [-0.25, -0.2) is 15.0 Å². The van der Waals surface area contributed by atoms with Crippen molar-refractivity contribution in [2.75, 3.05) is 39.3 Å². The number of hydrogen-bond donors (Lipinski definition) is 1. The predicted molar refractivity (Wildman–Crippen MR) is 155 cm³/mol. The minimum atomic E-state index is 0.409. The molecule has 1 unspecified atom stereocenters. The molecule has 1 aliphatic heterocycles. The van der Waals surface area contributed by atoms with Gasteiger partial charge >= 0.3 is 0 Å². The second-order valence-corrected chi connectivity index (χ2v) is 10.6. The molecule has 0 amide bonds. The highest BCUT2D eigenvalue weighted by Gasteiger charge is 2.21. The van der Waals surface area contributed by atoms with Crippen LogP contribution in [0.15, 0.2) is 48.8 Å². The average Bonchev–Trinajstić information content (AvgIpc) is 3.23. The van der Waals surface area contributed by atoms with E-state index in [9.17, 15) is 0 Å². The van der Waals surface area contributed by atoms with Crippen LogP contribution in [-0.4, -0.2) is 59.2 Å². The van der Waals surface area contributed by atoms with E-state index >= 15 is 0 Å². The molecule has 2 aromatic heterocycles. The molecule has 1 N–H and O–H groups in total. The van der Waals surface area contributed by atoms with E-state index in [1.54, 1.807) is 13.4 Å².